The Labute approximate surface area is 138 Å². The Morgan fingerprint density at radius 3 is 2.91 bits per heavy atom. The quantitative estimate of drug-likeness (QED) is 0.925. The molecule has 8 heteroatoms. The van der Waals surface area contributed by atoms with Gasteiger partial charge in [0.15, 0.2) is 5.82 Å². The van der Waals surface area contributed by atoms with E-state index in [1.54, 1.807) is 19.4 Å². The topological polar surface area (TPSA) is 66.9 Å². The van der Waals surface area contributed by atoms with E-state index in [-0.39, 0.29) is 12.1 Å². The molecule has 2 aromatic heterocycles. The summed E-state index contributed by atoms with van der Waals surface area (Å²) < 4.78 is 5.51. The van der Waals surface area contributed by atoms with E-state index >= 15 is 0 Å². The van der Waals surface area contributed by atoms with Gasteiger partial charge in [-0.2, -0.15) is 5.10 Å². The third-order valence-corrected chi connectivity index (χ3v) is 4.38. The van der Waals surface area contributed by atoms with Crippen molar-refractivity contribution in [1.82, 2.24) is 25.1 Å². The lowest BCUT2D eigenvalue weighted by atomic mass is 10.2. The molecule has 0 saturated carbocycles. The number of rotatable bonds is 4. The number of methoxy groups -OCH3 is 1. The van der Waals surface area contributed by atoms with Crippen LogP contribution in [0.5, 0.6) is 0 Å². The lowest BCUT2D eigenvalue weighted by Crippen LogP contribution is -2.26. The first-order valence-electron chi connectivity index (χ1n) is 7.02. The summed E-state index contributed by atoms with van der Waals surface area (Å²) in [6, 6.07) is 1.80. The zero-order valence-electron chi connectivity index (χ0n) is 12.4. The lowest BCUT2D eigenvalue weighted by Gasteiger charge is -2.21. The molecule has 3 rings (SSSR count). The van der Waals surface area contributed by atoms with Crippen LogP contribution in [-0.4, -0.2) is 44.8 Å². The van der Waals surface area contributed by atoms with Gasteiger partial charge in [-0.3, -0.25) is 15.0 Å². The molecule has 6 nitrogen and oxygen atoms in total. The molecule has 3 heterocycles. The summed E-state index contributed by atoms with van der Waals surface area (Å²) in [4.78, 5) is 11.0. The lowest BCUT2D eigenvalue weighted by molar-refractivity contribution is 0.107. The van der Waals surface area contributed by atoms with Crippen LogP contribution in [0.1, 0.15) is 29.8 Å². The van der Waals surface area contributed by atoms with E-state index in [1.807, 2.05) is 6.92 Å². The van der Waals surface area contributed by atoms with Crippen LogP contribution in [0.15, 0.2) is 12.3 Å². The van der Waals surface area contributed by atoms with E-state index in [9.17, 15) is 0 Å². The second-order valence-electron chi connectivity index (χ2n) is 5.40. The largest absolute Gasteiger partial charge is 0.380 e. The summed E-state index contributed by atoms with van der Waals surface area (Å²) in [5, 5.41) is 8.28. The first-order valence-corrected chi connectivity index (χ1v) is 7.78. The van der Waals surface area contributed by atoms with Crippen molar-refractivity contribution in [3.05, 3.63) is 39.7 Å². The minimum Gasteiger partial charge on any atom is -0.380 e. The van der Waals surface area contributed by atoms with Crippen molar-refractivity contribution in [1.29, 1.82) is 0 Å². The van der Waals surface area contributed by atoms with Gasteiger partial charge in [-0.05, 0) is 19.4 Å². The third-order valence-electron chi connectivity index (χ3n) is 3.85. The van der Waals surface area contributed by atoms with Crippen LogP contribution in [0.2, 0.25) is 10.0 Å². The minimum absolute atomic E-state index is 0.0865. The fraction of sp³-hybridized carbons (Fsp3) is 0.500. The molecule has 118 valence electrons. The third kappa shape index (κ3) is 3.25. The maximum absolute atomic E-state index is 6.23. The number of aryl methyl sites for hydroxylation is 1. The number of nitrogens with zero attached hydrogens (tertiary/aromatic N) is 4. The number of pyridine rings is 1. The first kappa shape index (κ1) is 15.7. The molecule has 0 aromatic carbocycles. The molecule has 1 fully saturated rings. The van der Waals surface area contributed by atoms with Crippen molar-refractivity contribution < 1.29 is 4.74 Å². The van der Waals surface area contributed by atoms with Crippen LogP contribution in [0.4, 0.5) is 0 Å². The van der Waals surface area contributed by atoms with Crippen LogP contribution in [-0.2, 0) is 11.3 Å². The van der Waals surface area contributed by atoms with Crippen molar-refractivity contribution in [2.75, 3.05) is 13.7 Å². The second-order valence-corrected chi connectivity index (χ2v) is 6.24. The van der Waals surface area contributed by atoms with Gasteiger partial charge in [0.1, 0.15) is 5.82 Å². The Hall–Kier alpha value is -1.21. The Morgan fingerprint density at radius 1 is 1.45 bits per heavy atom. The number of H-pyrrole nitrogens is 1. The molecule has 0 amide bonds. The van der Waals surface area contributed by atoms with Crippen molar-refractivity contribution in [2.45, 2.75) is 32.0 Å². The molecule has 0 radical (unpaired) electrons. The Kier molecular flexibility index (Phi) is 4.63. The van der Waals surface area contributed by atoms with Crippen molar-refractivity contribution in [3.63, 3.8) is 0 Å². The van der Waals surface area contributed by atoms with Crippen molar-refractivity contribution in [3.8, 4) is 0 Å². The summed E-state index contributed by atoms with van der Waals surface area (Å²) in [5.74, 6) is 1.58. The van der Waals surface area contributed by atoms with E-state index in [4.69, 9.17) is 27.9 Å². The number of hydrogen-bond donors (Lipinski definition) is 1. The van der Waals surface area contributed by atoms with Crippen LogP contribution in [0.25, 0.3) is 0 Å². The van der Waals surface area contributed by atoms with Crippen LogP contribution < -0.4 is 0 Å². The van der Waals surface area contributed by atoms with Crippen molar-refractivity contribution in [2.24, 2.45) is 0 Å². The maximum Gasteiger partial charge on any atom is 0.167 e. The summed E-state index contributed by atoms with van der Waals surface area (Å²) in [6.07, 6.45) is 2.60. The van der Waals surface area contributed by atoms with E-state index < -0.39 is 0 Å². The van der Waals surface area contributed by atoms with E-state index in [0.29, 0.717) is 16.6 Å². The fourth-order valence-corrected chi connectivity index (χ4v) is 3.18. The molecule has 0 spiro atoms. The van der Waals surface area contributed by atoms with Gasteiger partial charge >= 0.3 is 0 Å². The van der Waals surface area contributed by atoms with E-state index in [1.165, 1.54) is 0 Å². The van der Waals surface area contributed by atoms with Crippen molar-refractivity contribution >= 4 is 23.2 Å². The molecule has 0 bridgehead atoms. The monoisotopic (exact) mass is 341 g/mol. The van der Waals surface area contributed by atoms with Gasteiger partial charge in [-0.15, -0.1) is 0 Å². The summed E-state index contributed by atoms with van der Waals surface area (Å²) >= 11 is 12.1. The van der Waals surface area contributed by atoms with Gasteiger partial charge in [0, 0.05) is 26.4 Å². The van der Waals surface area contributed by atoms with Gasteiger partial charge in [-0.25, -0.2) is 4.98 Å². The number of likely N-dealkylation sites (tertiary alicyclic amines) is 1. The van der Waals surface area contributed by atoms with Gasteiger partial charge in [0.2, 0.25) is 0 Å². The standard InChI is InChI=1S/C14H17Cl2N5O/c1-8-18-14(20-19-8)13-4-10(22-2)6-21(13)7-12-11(16)3-9(15)5-17-12/h3,5,10,13H,4,6-7H2,1-2H3,(H,18,19,20)/t10-,13+/m1/s1. The van der Waals surface area contributed by atoms with Crippen LogP contribution >= 0.6 is 23.2 Å². The molecule has 2 aromatic rings. The van der Waals surface area contributed by atoms with E-state index in [0.717, 1.165) is 30.3 Å². The smallest absolute Gasteiger partial charge is 0.167 e. The van der Waals surface area contributed by atoms with Crippen LogP contribution in [0.3, 0.4) is 0 Å². The van der Waals surface area contributed by atoms with Gasteiger partial charge in [0.25, 0.3) is 0 Å². The van der Waals surface area contributed by atoms with Gasteiger partial charge in [-0.1, -0.05) is 23.2 Å². The molecular weight excluding hydrogens is 325 g/mol. The molecule has 22 heavy (non-hydrogen) atoms. The average molecular weight is 342 g/mol. The molecule has 1 saturated heterocycles. The minimum atomic E-state index is 0.0865. The second kappa shape index (κ2) is 6.50. The highest BCUT2D eigenvalue weighted by Crippen LogP contribution is 2.33. The highest BCUT2D eigenvalue weighted by Gasteiger charge is 2.36. The van der Waals surface area contributed by atoms with Gasteiger partial charge in [0.05, 0.1) is 27.9 Å². The number of hydrogen-bond acceptors (Lipinski definition) is 5. The number of ether oxygens (including phenoxy) is 1. The number of aromatic nitrogens is 4. The number of halogens is 2. The Bertz CT molecular complexity index is 662. The average Bonchev–Trinajstić information content (AvgIpc) is 3.08. The van der Waals surface area contributed by atoms with Crippen LogP contribution in [0, 0.1) is 6.92 Å². The molecule has 1 N–H and O–H groups in total. The Balaban J connectivity index is 1.83. The highest BCUT2D eigenvalue weighted by atomic mass is 35.5. The molecular formula is C14H17Cl2N5O. The highest BCUT2D eigenvalue weighted by molar-refractivity contribution is 6.34. The van der Waals surface area contributed by atoms with E-state index in [2.05, 4.69) is 25.1 Å². The molecule has 1 aliphatic heterocycles. The SMILES string of the molecule is CO[C@@H]1C[C@@H](c2n[nH]c(C)n2)N(Cc2ncc(Cl)cc2Cl)C1. The van der Waals surface area contributed by atoms with Gasteiger partial charge < -0.3 is 4.74 Å². The molecule has 1 aliphatic rings. The zero-order chi connectivity index (χ0) is 15.7. The summed E-state index contributed by atoms with van der Waals surface area (Å²) in [5.41, 5.74) is 0.792. The zero-order valence-corrected chi connectivity index (χ0v) is 13.9. The normalized spacial score (nSPS) is 22.4. The fourth-order valence-electron chi connectivity index (χ4n) is 2.74. The predicted molar refractivity (Wildman–Crippen MR) is 83.9 cm³/mol. The molecule has 0 unspecified atom stereocenters. The summed E-state index contributed by atoms with van der Waals surface area (Å²) in [7, 11) is 1.72. The predicted octanol–water partition coefficient (Wildman–Crippen LogP) is 2.78. The molecule has 2 atom stereocenters. The Morgan fingerprint density at radius 2 is 2.27 bits per heavy atom. The summed E-state index contributed by atoms with van der Waals surface area (Å²) in [6.45, 7) is 3.28. The number of nitrogens with one attached hydrogen (secondary N) is 1. The molecule has 0 aliphatic carbocycles. The first-order chi connectivity index (χ1) is 10.6. The maximum atomic E-state index is 6.23. The number of aromatic amines is 1.